The lowest BCUT2D eigenvalue weighted by Crippen LogP contribution is -1.94. The van der Waals surface area contributed by atoms with E-state index >= 15 is 0 Å². The summed E-state index contributed by atoms with van der Waals surface area (Å²) in [6.07, 6.45) is 1.64. The summed E-state index contributed by atoms with van der Waals surface area (Å²) in [6.45, 7) is 1.43. The van der Waals surface area contributed by atoms with E-state index in [4.69, 9.17) is 14.9 Å². The van der Waals surface area contributed by atoms with E-state index in [-0.39, 0.29) is 0 Å². The zero-order valence-electron chi connectivity index (χ0n) is 10.1. The Kier molecular flexibility index (Phi) is 4.60. The van der Waals surface area contributed by atoms with Gasteiger partial charge in [0.05, 0.1) is 19.4 Å². The Hall–Kier alpha value is -2.02. The molecule has 92 valence electrons. The summed E-state index contributed by atoms with van der Waals surface area (Å²) < 4.78 is 10.7. The van der Waals surface area contributed by atoms with Crippen LogP contribution in [-0.2, 0) is 18.0 Å². The van der Waals surface area contributed by atoms with Crippen LogP contribution in [0.25, 0.3) is 0 Å². The molecule has 0 radical (unpaired) electrons. The van der Waals surface area contributed by atoms with Gasteiger partial charge >= 0.3 is 0 Å². The van der Waals surface area contributed by atoms with Crippen LogP contribution in [0, 0.1) is 11.8 Å². The van der Waals surface area contributed by atoms with Gasteiger partial charge in [-0.3, -0.25) is 0 Å². The molecule has 0 aliphatic rings. The molecule has 2 rings (SSSR count). The van der Waals surface area contributed by atoms with Gasteiger partial charge in [0, 0.05) is 5.56 Å². The van der Waals surface area contributed by atoms with E-state index in [2.05, 4.69) is 11.8 Å². The fourth-order valence-electron chi connectivity index (χ4n) is 1.50. The van der Waals surface area contributed by atoms with Crippen LogP contribution in [0.4, 0.5) is 0 Å². The predicted octanol–water partition coefficient (Wildman–Crippen LogP) is 2.31. The lowest BCUT2D eigenvalue weighted by molar-refractivity contribution is 0.0929. The van der Waals surface area contributed by atoms with Crippen LogP contribution in [0.1, 0.15) is 16.9 Å². The van der Waals surface area contributed by atoms with Crippen molar-refractivity contribution < 1.29 is 9.15 Å². The van der Waals surface area contributed by atoms with E-state index in [0.29, 0.717) is 19.8 Å². The Morgan fingerprint density at radius 3 is 2.61 bits per heavy atom. The number of ether oxygens (including phenoxy) is 1. The summed E-state index contributed by atoms with van der Waals surface area (Å²) in [4.78, 5) is 0. The van der Waals surface area contributed by atoms with E-state index in [9.17, 15) is 0 Å². The van der Waals surface area contributed by atoms with E-state index in [1.807, 2.05) is 36.4 Å². The molecule has 1 aromatic carbocycles. The maximum atomic E-state index is 5.54. The molecule has 0 fully saturated rings. The standard InChI is InChI=1S/C15H15NO2/c16-9-1-3-13-5-7-14(8-6-13)11-17-12-15-4-2-10-18-15/h2,4-8,10H,9,11-12,16H2. The zero-order valence-corrected chi connectivity index (χ0v) is 10.1. The van der Waals surface area contributed by atoms with Crippen molar-refractivity contribution in [2.75, 3.05) is 6.54 Å². The SMILES string of the molecule is NCC#Cc1ccc(COCc2ccco2)cc1. The molecule has 2 N–H and O–H groups in total. The maximum Gasteiger partial charge on any atom is 0.129 e. The number of hydrogen-bond acceptors (Lipinski definition) is 3. The first kappa shape index (κ1) is 12.4. The maximum absolute atomic E-state index is 5.54. The third-order valence-electron chi connectivity index (χ3n) is 2.38. The quantitative estimate of drug-likeness (QED) is 0.836. The molecule has 0 amide bonds. The van der Waals surface area contributed by atoms with E-state index < -0.39 is 0 Å². The van der Waals surface area contributed by atoms with Crippen molar-refractivity contribution in [1.29, 1.82) is 0 Å². The lowest BCUT2D eigenvalue weighted by Gasteiger charge is -2.02. The molecule has 0 aliphatic carbocycles. The van der Waals surface area contributed by atoms with Gasteiger partial charge in [0.25, 0.3) is 0 Å². The number of benzene rings is 1. The molecule has 0 atom stereocenters. The fraction of sp³-hybridized carbons (Fsp3) is 0.200. The molecular weight excluding hydrogens is 226 g/mol. The molecule has 1 aromatic heterocycles. The third kappa shape index (κ3) is 3.77. The van der Waals surface area contributed by atoms with Crippen molar-refractivity contribution in [2.45, 2.75) is 13.2 Å². The highest BCUT2D eigenvalue weighted by atomic mass is 16.5. The van der Waals surface area contributed by atoms with Crippen LogP contribution in [0.15, 0.2) is 47.1 Å². The zero-order chi connectivity index (χ0) is 12.6. The van der Waals surface area contributed by atoms with Crippen LogP contribution in [0.2, 0.25) is 0 Å². The van der Waals surface area contributed by atoms with Gasteiger partial charge < -0.3 is 14.9 Å². The number of rotatable bonds is 4. The van der Waals surface area contributed by atoms with E-state index in [1.165, 1.54) is 0 Å². The average Bonchev–Trinajstić information content (AvgIpc) is 2.91. The second-order valence-corrected chi connectivity index (χ2v) is 3.77. The Morgan fingerprint density at radius 2 is 1.94 bits per heavy atom. The summed E-state index contributed by atoms with van der Waals surface area (Å²) in [5.41, 5.74) is 7.39. The molecule has 18 heavy (non-hydrogen) atoms. The van der Waals surface area contributed by atoms with Crippen molar-refractivity contribution in [3.05, 3.63) is 59.5 Å². The molecule has 0 spiro atoms. The Labute approximate surface area is 107 Å². The molecule has 3 nitrogen and oxygen atoms in total. The van der Waals surface area contributed by atoms with E-state index in [0.717, 1.165) is 16.9 Å². The van der Waals surface area contributed by atoms with Crippen LogP contribution in [0.3, 0.4) is 0 Å². The molecule has 0 unspecified atom stereocenters. The van der Waals surface area contributed by atoms with E-state index in [1.54, 1.807) is 6.26 Å². The summed E-state index contributed by atoms with van der Waals surface area (Å²) in [6, 6.07) is 11.7. The summed E-state index contributed by atoms with van der Waals surface area (Å²) >= 11 is 0. The van der Waals surface area contributed by atoms with Crippen LogP contribution in [0.5, 0.6) is 0 Å². The summed E-state index contributed by atoms with van der Waals surface area (Å²) in [5, 5.41) is 0. The third-order valence-corrected chi connectivity index (χ3v) is 2.38. The van der Waals surface area contributed by atoms with Gasteiger partial charge in [-0.2, -0.15) is 0 Å². The van der Waals surface area contributed by atoms with Crippen LogP contribution >= 0.6 is 0 Å². The second-order valence-electron chi connectivity index (χ2n) is 3.77. The minimum absolute atomic E-state index is 0.383. The first-order valence-corrected chi connectivity index (χ1v) is 5.76. The highest BCUT2D eigenvalue weighted by Crippen LogP contribution is 2.07. The Bertz CT molecular complexity index is 518. The number of nitrogens with two attached hydrogens (primary N) is 1. The minimum atomic E-state index is 0.383. The van der Waals surface area contributed by atoms with Gasteiger partial charge in [-0.05, 0) is 29.8 Å². The molecule has 0 saturated heterocycles. The highest BCUT2D eigenvalue weighted by molar-refractivity contribution is 5.36. The summed E-state index contributed by atoms with van der Waals surface area (Å²) in [5.74, 6) is 6.63. The molecule has 0 saturated carbocycles. The van der Waals surface area contributed by atoms with Gasteiger partial charge in [-0.1, -0.05) is 24.0 Å². The molecule has 3 heteroatoms. The van der Waals surface area contributed by atoms with Crippen molar-refractivity contribution in [3.8, 4) is 11.8 Å². The number of furan rings is 1. The average molecular weight is 241 g/mol. The summed E-state index contributed by atoms with van der Waals surface area (Å²) in [7, 11) is 0. The molecule has 2 aromatic rings. The number of hydrogen-bond donors (Lipinski definition) is 1. The van der Waals surface area contributed by atoms with Crippen molar-refractivity contribution >= 4 is 0 Å². The molecule has 0 aliphatic heterocycles. The van der Waals surface area contributed by atoms with Crippen molar-refractivity contribution in [2.24, 2.45) is 5.73 Å². The fourth-order valence-corrected chi connectivity index (χ4v) is 1.50. The Balaban J connectivity index is 1.83. The first-order valence-electron chi connectivity index (χ1n) is 5.76. The second kappa shape index (κ2) is 6.65. The topological polar surface area (TPSA) is 48.4 Å². The lowest BCUT2D eigenvalue weighted by atomic mass is 10.1. The van der Waals surface area contributed by atoms with Gasteiger partial charge in [-0.25, -0.2) is 0 Å². The van der Waals surface area contributed by atoms with Gasteiger partial charge in [0.15, 0.2) is 0 Å². The predicted molar refractivity (Wildman–Crippen MR) is 69.6 cm³/mol. The van der Waals surface area contributed by atoms with Gasteiger partial charge in [0.1, 0.15) is 12.4 Å². The smallest absolute Gasteiger partial charge is 0.129 e. The monoisotopic (exact) mass is 241 g/mol. The first-order chi connectivity index (χ1) is 8.88. The molecular formula is C15H15NO2. The van der Waals surface area contributed by atoms with Crippen molar-refractivity contribution in [1.82, 2.24) is 0 Å². The van der Waals surface area contributed by atoms with Crippen molar-refractivity contribution in [3.63, 3.8) is 0 Å². The molecule has 1 heterocycles. The Morgan fingerprint density at radius 1 is 1.11 bits per heavy atom. The van der Waals surface area contributed by atoms with Crippen LogP contribution < -0.4 is 5.73 Å². The van der Waals surface area contributed by atoms with Gasteiger partial charge in [-0.15, -0.1) is 0 Å². The highest BCUT2D eigenvalue weighted by Gasteiger charge is 1.97. The largest absolute Gasteiger partial charge is 0.467 e. The van der Waals surface area contributed by atoms with Gasteiger partial charge in [0.2, 0.25) is 0 Å². The normalized spacial score (nSPS) is 9.83. The van der Waals surface area contributed by atoms with Crippen LogP contribution in [-0.4, -0.2) is 6.54 Å². The molecule has 0 bridgehead atoms. The minimum Gasteiger partial charge on any atom is -0.467 e.